The van der Waals surface area contributed by atoms with Crippen LogP contribution in [0.4, 0.5) is 0 Å². The van der Waals surface area contributed by atoms with E-state index < -0.39 is 11.6 Å². The Morgan fingerprint density at radius 2 is 1.92 bits per heavy atom. The van der Waals surface area contributed by atoms with E-state index in [1.165, 1.54) is 5.56 Å². The van der Waals surface area contributed by atoms with Gasteiger partial charge in [-0.2, -0.15) is 0 Å². The zero-order valence-electron chi connectivity index (χ0n) is 15.0. The van der Waals surface area contributed by atoms with E-state index in [-0.39, 0.29) is 0 Å². The molecule has 0 radical (unpaired) electrons. The van der Waals surface area contributed by atoms with E-state index in [9.17, 15) is 4.79 Å². The van der Waals surface area contributed by atoms with E-state index >= 15 is 0 Å². The second kappa shape index (κ2) is 9.08. The lowest BCUT2D eigenvalue weighted by atomic mass is 9.96. The molecule has 24 heavy (non-hydrogen) atoms. The molecule has 1 aromatic rings. The lowest BCUT2D eigenvalue weighted by molar-refractivity contribution is 0.0253. The minimum atomic E-state index is -1.06. The van der Waals surface area contributed by atoms with E-state index in [1.54, 1.807) is 19.1 Å². The molecule has 2 nitrogen and oxygen atoms in total. The number of benzene rings is 1. The van der Waals surface area contributed by atoms with Crippen LogP contribution in [0.3, 0.4) is 0 Å². The number of ether oxygens (including phenoxy) is 1. The Labute approximate surface area is 159 Å². The summed E-state index contributed by atoms with van der Waals surface area (Å²) in [5, 5.41) is 0. The Bertz CT molecular complexity index is 673. The predicted octanol–water partition coefficient (Wildman–Crippen LogP) is 6.03. The molecule has 0 heterocycles. The Morgan fingerprint density at radius 1 is 1.33 bits per heavy atom. The Balaban J connectivity index is 2.97. The van der Waals surface area contributed by atoms with Gasteiger partial charge in [-0.15, -0.1) is 6.42 Å². The minimum Gasteiger partial charge on any atom is -0.438 e. The molecule has 0 aromatic heterocycles. The second-order valence-corrected chi connectivity index (χ2v) is 7.80. The van der Waals surface area contributed by atoms with Crippen molar-refractivity contribution in [3.05, 3.63) is 56.7 Å². The summed E-state index contributed by atoms with van der Waals surface area (Å²) in [4.78, 5) is 12.5. The first-order valence-corrected chi connectivity index (χ1v) is 9.13. The summed E-state index contributed by atoms with van der Waals surface area (Å²) in [6.07, 6.45) is 10.5. The van der Waals surface area contributed by atoms with Crippen LogP contribution in [0.2, 0.25) is 0 Å². The van der Waals surface area contributed by atoms with Crippen LogP contribution >= 0.6 is 22.6 Å². The third-order valence-electron chi connectivity index (χ3n) is 4.22. The molecule has 2 unspecified atom stereocenters. The molecule has 128 valence electrons. The van der Waals surface area contributed by atoms with Crippen LogP contribution in [-0.2, 0) is 4.74 Å². The number of rotatable bonds is 6. The number of carbonyl (C=O) groups excluding carboxylic acids is 1. The van der Waals surface area contributed by atoms with Crippen LogP contribution in [0.5, 0.6) is 0 Å². The highest BCUT2D eigenvalue weighted by Gasteiger charge is 2.28. The van der Waals surface area contributed by atoms with E-state index in [2.05, 4.69) is 42.4 Å². The fourth-order valence-corrected chi connectivity index (χ4v) is 2.23. The first kappa shape index (κ1) is 20.5. The Kier molecular flexibility index (Phi) is 7.75. The van der Waals surface area contributed by atoms with Gasteiger partial charge in [0, 0.05) is 0 Å². The smallest absolute Gasteiger partial charge is 0.339 e. The lowest BCUT2D eigenvalue weighted by Crippen LogP contribution is -2.31. The SMILES string of the molecule is C#CC(C)(OC(=O)c1ccc(C(C)CC)cc1)/C(C)=C/C=C(\C)I. The fraction of sp³-hybridized carbons (Fsp3) is 0.381. The average Bonchev–Trinajstić information content (AvgIpc) is 2.58. The van der Waals surface area contributed by atoms with Gasteiger partial charge in [-0.25, -0.2) is 4.79 Å². The molecule has 1 aromatic carbocycles. The maximum atomic E-state index is 12.5. The zero-order chi connectivity index (χ0) is 18.3. The predicted molar refractivity (Wildman–Crippen MR) is 109 cm³/mol. The minimum absolute atomic E-state index is 0.408. The van der Waals surface area contributed by atoms with Gasteiger partial charge in [-0.1, -0.05) is 44.1 Å². The molecule has 0 amide bonds. The highest BCUT2D eigenvalue weighted by atomic mass is 127. The molecule has 0 aliphatic carbocycles. The van der Waals surface area contributed by atoms with Crippen LogP contribution in [0.1, 0.15) is 62.9 Å². The summed E-state index contributed by atoms with van der Waals surface area (Å²) in [5.74, 6) is 2.66. The summed E-state index contributed by atoms with van der Waals surface area (Å²) >= 11 is 2.22. The van der Waals surface area contributed by atoms with Gasteiger partial charge in [-0.3, -0.25) is 0 Å². The summed E-state index contributed by atoms with van der Waals surface area (Å²) in [5.41, 5.74) is 1.48. The highest BCUT2D eigenvalue weighted by molar-refractivity contribution is 14.1. The van der Waals surface area contributed by atoms with Crippen molar-refractivity contribution in [2.75, 3.05) is 0 Å². The van der Waals surface area contributed by atoms with E-state index in [1.807, 2.05) is 38.1 Å². The first-order chi connectivity index (χ1) is 11.2. The second-order valence-electron chi connectivity index (χ2n) is 6.10. The van der Waals surface area contributed by atoms with Crippen LogP contribution < -0.4 is 0 Å². The normalized spacial score (nSPS) is 16.0. The van der Waals surface area contributed by atoms with Crippen molar-refractivity contribution in [2.24, 2.45) is 0 Å². The van der Waals surface area contributed by atoms with Crippen LogP contribution in [0.25, 0.3) is 0 Å². The van der Waals surface area contributed by atoms with Crippen LogP contribution in [-0.4, -0.2) is 11.6 Å². The molecular formula is C21H25IO2. The van der Waals surface area contributed by atoms with Crippen molar-refractivity contribution in [1.29, 1.82) is 0 Å². The molecular weight excluding hydrogens is 411 g/mol. The summed E-state index contributed by atoms with van der Waals surface area (Å²) in [6, 6.07) is 7.55. The number of halogens is 1. The van der Waals surface area contributed by atoms with Gasteiger partial charge in [0.1, 0.15) is 0 Å². The highest BCUT2D eigenvalue weighted by Crippen LogP contribution is 2.24. The van der Waals surface area contributed by atoms with Crippen molar-refractivity contribution in [2.45, 2.75) is 52.6 Å². The van der Waals surface area contributed by atoms with Gasteiger partial charge in [0.2, 0.25) is 0 Å². The van der Waals surface area contributed by atoms with Crippen molar-refractivity contribution in [3.8, 4) is 12.3 Å². The maximum absolute atomic E-state index is 12.5. The number of esters is 1. The quantitative estimate of drug-likeness (QED) is 0.236. The molecule has 0 bridgehead atoms. The van der Waals surface area contributed by atoms with Crippen molar-refractivity contribution >= 4 is 28.6 Å². The molecule has 2 atom stereocenters. The van der Waals surface area contributed by atoms with Gasteiger partial charge >= 0.3 is 5.97 Å². The third kappa shape index (κ3) is 5.52. The Morgan fingerprint density at radius 3 is 2.38 bits per heavy atom. The number of terminal acetylenes is 1. The fourth-order valence-electron chi connectivity index (χ4n) is 2.05. The first-order valence-electron chi connectivity index (χ1n) is 8.05. The van der Waals surface area contributed by atoms with E-state index in [0.29, 0.717) is 11.5 Å². The van der Waals surface area contributed by atoms with Crippen LogP contribution in [0.15, 0.2) is 45.6 Å². The number of hydrogen-bond donors (Lipinski definition) is 0. The summed E-state index contributed by atoms with van der Waals surface area (Å²) < 4.78 is 6.74. The summed E-state index contributed by atoms with van der Waals surface area (Å²) in [7, 11) is 0. The molecule has 0 saturated carbocycles. The van der Waals surface area contributed by atoms with E-state index in [0.717, 1.165) is 15.6 Å². The van der Waals surface area contributed by atoms with Crippen molar-refractivity contribution in [3.63, 3.8) is 0 Å². The van der Waals surface area contributed by atoms with E-state index in [4.69, 9.17) is 11.2 Å². The number of allylic oxidation sites excluding steroid dienone is 3. The van der Waals surface area contributed by atoms with Crippen molar-refractivity contribution in [1.82, 2.24) is 0 Å². The van der Waals surface area contributed by atoms with Gasteiger partial charge in [-0.05, 0) is 82.5 Å². The Hall–Kier alpha value is -1.54. The average molecular weight is 436 g/mol. The molecule has 1 rings (SSSR count). The molecule has 0 saturated heterocycles. The molecule has 0 spiro atoms. The van der Waals surface area contributed by atoms with Gasteiger partial charge in [0.05, 0.1) is 5.56 Å². The molecule has 0 aliphatic heterocycles. The topological polar surface area (TPSA) is 26.3 Å². The standard InChI is InChI=1S/C21H25IO2/c1-7-15(3)18-11-13-19(14-12-18)20(23)24-21(6,8-2)16(4)9-10-17(5)22/h2,9-15H,7H2,1,3-6H3/b16-9+,17-10+. The molecule has 0 N–H and O–H groups in total. The third-order valence-corrected chi connectivity index (χ3v) is 4.58. The largest absolute Gasteiger partial charge is 0.438 e. The monoisotopic (exact) mass is 436 g/mol. The lowest BCUT2D eigenvalue weighted by Gasteiger charge is -2.25. The van der Waals surface area contributed by atoms with Gasteiger partial charge in [0.25, 0.3) is 0 Å². The zero-order valence-corrected chi connectivity index (χ0v) is 17.2. The van der Waals surface area contributed by atoms with Gasteiger partial charge in [0.15, 0.2) is 5.60 Å². The summed E-state index contributed by atoms with van der Waals surface area (Å²) in [6.45, 7) is 9.91. The molecule has 3 heteroatoms. The van der Waals surface area contributed by atoms with Crippen molar-refractivity contribution < 1.29 is 9.53 Å². The van der Waals surface area contributed by atoms with Crippen LogP contribution in [0, 0.1) is 12.3 Å². The molecule has 0 fully saturated rings. The maximum Gasteiger partial charge on any atom is 0.339 e. The molecule has 0 aliphatic rings. The number of carbonyl (C=O) groups is 1. The number of hydrogen-bond acceptors (Lipinski definition) is 2. The van der Waals surface area contributed by atoms with Gasteiger partial charge < -0.3 is 4.74 Å².